The Hall–Kier alpha value is -4.20. The topological polar surface area (TPSA) is 96.3 Å². The maximum Gasteiger partial charge on any atom is 0.291 e. The number of hydrogen-bond acceptors (Lipinski definition) is 6. The summed E-state index contributed by atoms with van der Waals surface area (Å²) in [6, 6.07) is 13.1. The van der Waals surface area contributed by atoms with E-state index < -0.39 is 29.4 Å². The van der Waals surface area contributed by atoms with Crippen LogP contribution in [0.2, 0.25) is 0 Å². The lowest BCUT2D eigenvalue weighted by Crippen LogP contribution is -2.31. The van der Waals surface area contributed by atoms with Gasteiger partial charge in [0.2, 0.25) is 5.78 Å². The zero-order valence-corrected chi connectivity index (χ0v) is 20.0. The van der Waals surface area contributed by atoms with Gasteiger partial charge in [0.15, 0.2) is 29.7 Å². The lowest BCUT2D eigenvalue weighted by Gasteiger charge is -2.27. The molecule has 1 fully saturated rings. The van der Waals surface area contributed by atoms with Gasteiger partial charge in [0, 0.05) is 17.2 Å². The molecule has 35 heavy (non-hydrogen) atoms. The predicted octanol–water partition coefficient (Wildman–Crippen LogP) is 2.99. The third-order valence-corrected chi connectivity index (χ3v) is 6.26. The maximum atomic E-state index is 13.8. The average Bonchev–Trinajstić information content (AvgIpc) is 3.13. The Bertz CT molecular complexity index is 1270. The number of aromatic nitrogens is 1. The summed E-state index contributed by atoms with van der Waals surface area (Å²) in [4.78, 5) is 44.8. The molecule has 1 aromatic heterocycles. The van der Waals surface area contributed by atoms with Crippen molar-refractivity contribution in [3.63, 3.8) is 0 Å². The smallest absolute Gasteiger partial charge is 0.291 e. The molecule has 3 aromatic rings. The van der Waals surface area contributed by atoms with E-state index in [0.717, 1.165) is 5.56 Å². The Morgan fingerprint density at radius 1 is 0.971 bits per heavy atom. The molecule has 8 heteroatoms. The van der Waals surface area contributed by atoms with Crippen LogP contribution >= 0.6 is 0 Å². The van der Waals surface area contributed by atoms with E-state index in [2.05, 4.69) is 4.98 Å². The van der Waals surface area contributed by atoms with Crippen LogP contribution in [0.4, 0.5) is 0 Å². The number of methoxy groups -OCH3 is 3. The van der Waals surface area contributed by atoms with Gasteiger partial charge in [-0.1, -0.05) is 6.07 Å². The van der Waals surface area contributed by atoms with E-state index in [-0.39, 0.29) is 6.54 Å². The number of amides is 1. The van der Waals surface area contributed by atoms with Crippen LogP contribution in [0.3, 0.4) is 0 Å². The van der Waals surface area contributed by atoms with E-state index >= 15 is 0 Å². The molecule has 1 saturated heterocycles. The summed E-state index contributed by atoms with van der Waals surface area (Å²) >= 11 is 0. The Kier molecular flexibility index (Phi) is 6.82. The van der Waals surface area contributed by atoms with Gasteiger partial charge in [-0.25, -0.2) is 4.98 Å². The number of likely N-dealkylation sites (tertiary alicyclic amines) is 1. The Morgan fingerprint density at radius 3 is 2.37 bits per heavy atom. The fourth-order valence-corrected chi connectivity index (χ4v) is 4.50. The number of hydrogen-bond donors (Lipinski definition) is 0. The zero-order valence-electron chi connectivity index (χ0n) is 20.0. The van der Waals surface area contributed by atoms with Gasteiger partial charge in [0.1, 0.15) is 11.7 Å². The largest absolute Gasteiger partial charge is 0.497 e. The van der Waals surface area contributed by atoms with E-state index in [1.807, 2.05) is 12.1 Å². The molecule has 1 aliphatic heterocycles. The van der Waals surface area contributed by atoms with Crippen molar-refractivity contribution in [3.05, 3.63) is 83.2 Å². The molecule has 2 atom stereocenters. The number of Topliss-reactive ketones (excluding diaryl/α,β-unsaturated/α-hetero) is 2. The third-order valence-electron chi connectivity index (χ3n) is 6.26. The normalized spacial score (nSPS) is 17.4. The Balaban J connectivity index is 1.83. The molecule has 0 radical (unpaired) electrons. The van der Waals surface area contributed by atoms with Crippen LogP contribution < -0.4 is 19.2 Å². The van der Waals surface area contributed by atoms with Crippen LogP contribution in [0.1, 0.15) is 33.1 Å². The number of carbonyl (C=O) groups excluding carboxylic acids is 3. The third kappa shape index (κ3) is 4.47. The van der Waals surface area contributed by atoms with Crippen LogP contribution in [0.15, 0.2) is 60.9 Å². The van der Waals surface area contributed by atoms with Crippen LogP contribution in [0, 0.1) is 12.8 Å². The zero-order chi connectivity index (χ0) is 25.1. The molecule has 4 rings (SSSR count). The fourth-order valence-electron chi connectivity index (χ4n) is 4.50. The number of aromatic amines is 1. The quantitative estimate of drug-likeness (QED) is 0.282. The van der Waals surface area contributed by atoms with E-state index in [0.29, 0.717) is 33.9 Å². The highest BCUT2D eigenvalue weighted by atomic mass is 16.5. The van der Waals surface area contributed by atoms with Gasteiger partial charge in [0.05, 0.1) is 33.9 Å². The minimum atomic E-state index is -1.21. The van der Waals surface area contributed by atoms with Crippen molar-refractivity contribution in [1.29, 1.82) is 0 Å². The van der Waals surface area contributed by atoms with Crippen molar-refractivity contribution in [3.8, 4) is 17.2 Å². The molecule has 1 N–H and O–H groups in total. The molecule has 0 aliphatic carbocycles. The van der Waals surface area contributed by atoms with Gasteiger partial charge in [-0.05, 0) is 54.4 Å². The summed E-state index contributed by atoms with van der Waals surface area (Å²) in [5.41, 5.74) is 2.44. The number of ether oxygens (including phenoxy) is 3. The number of rotatable bonds is 8. The average molecular weight is 476 g/mol. The van der Waals surface area contributed by atoms with Crippen LogP contribution in [0.25, 0.3) is 0 Å². The molecular weight excluding hydrogens is 448 g/mol. The standard InChI is InChI=1S/C27H26N2O6/c1-16-12-19(33-2)8-9-20(16)25(30)23-24(18-7-10-21(34-3)22(13-18)35-4)29(27(32)26(23)31)15-17-6-5-11-28-14-17/h5-14,23-24H,15H2,1-4H3/p+1. The second-order valence-electron chi connectivity index (χ2n) is 8.29. The monoisotopic (exact) mass is 475 g/mol. The number of ketones is 2. The summed E-state index contributed by atoms with van der Waals surface area (Å²) in [5.74, 6) is -1.50. The van der Waals surface area contributed by atoms with Gasteiger partial charge < -0.3 is 19.1 Å². The molecule has 180 valence electrons. The first kappa shape index (κ1) is 23.9. The van der Waals surface area contributed by atoms with Crippen LogP contribution in [-0.2, 0) is 16.1 Å². The molecule has 0 bridgehead atoms. The lowest BCUT2D eigenvalue weighted by atomic mass is 9.85. The van der Waals surface area contributed by atoms with E-state index in [4.69, 9.17) is 14.2 Å². The summed E-state index contributed by atoms with van der Waals surface area (Å²) < 4.78 is 16.0. The molecule has 2 aromatic carbocycles. The number of H-pyrrole nitrogens is 1. The number of aryl methyl sites for hydroxylation is 1. The molecular formula is C27H27N2O6+. The Morgan fingerprint density at radius 2 is 1.74 bits per heavy atom. The molecule has 8 nitrogen and oxygen atoms in total. The van der Waals surface area contributed by atoms with Crippen molar-refractivity contribution in [2.24, 2.45) is 5.92 Å². The summed E-state index contributed by atoms with van der Waals surface area (Å²) in [5, 5.41) is 0. The SMILES string of the molecule is COc1ccc(C(=O)C2C(=O)C(=O)N(Cc3ccc[nH+]c3)C2c2ccc(OC)c(OC)c2)c(C)c1. The van der Waals surface area contributed by atoms with Gasteiger partial charge in [-0.3, -0.25) is 14.4 Å². The summed E-state index contributed by atoms with van der Waals surface area (Å²) in [6.07, 6.45) is 3.51. The number of nitrogens with one attached hydrogen (secondary N) is 1. The predicted molar refractivity (Wildman–Crippen MR) is 126 cm³/mol. The van der Waals surface area contributed by atoms with Crippen LogP contribution in [-0.4, -0.2) is 43.7 Å². The molecule has 1 aliphatic rings. The second-order valence-corrected chi connectivity index (χ2v) is 8.29. The summed E-state index contributed by atoms with van der Waals surface area (Å²) in [6.45, 7) is 1.94. The number of carbonyl (C=O) groups is 3. The lowest BCUT2D eigenvalue weighted by molar-refractivity contribution is -0.378. The van der Waals surface area contributed by atoms with Gasteiger partial charge in [0.25, 0.3) is 5.91 Å². The molecule has 2 unspecified atom stereocenters. The van der Waals surface area contributed by atoms with Crippen molar-refractivity contribution >= 4 is 17.5 Å². The Labute approximate surface area is 203 Å². The number of benzene rings is 2. The highest BCUT2D eigenvalue weighted by molar-refractivity contribution is 6.44. The number of pyridine rings is 1. The van der Waals surface area contributed by atoms with Crippen molar-refractivity contribution in [2.45, 2.75) is 19.5 Å². The highest BCUT2D eigenvalue weighted by Crippen LogP contribution is 2.42. The molecule has 1 amide bonds. The van der Waals surface area contributed by atoms with Crippen LogP contribution in [0.5, 0.6) is 17.2 Å². The van der Waals surface area contributed by atoms with Crippen molar-refractivity contribution in [2.75, 3.05) is 21.3 Å². The van der Waals surface area contributed by atoms with Crippen molar-refractivity contribution in [1.82, 2.24) is 4.90 Å². The molecule has 2 heterocycles. The fraction of sp³-hybridized carbons (Fsp3) is 0.259. The van der Waals surface area contributed by atoms with E-state index in [1.165, 1.54) is 19.1 Å². The first-order valence-electron chi connectivity index (χ1n) is 11.1. The minimum absolute atomic E-state index is 0.159. The first-order chi connectivity index (χ1) is 16.9. The van der Waals surface area contributed by atoms with E-state index in [9.17, 15) is 14.4 Å². The molecule has 0 spiro atoms. The van der Waals surface area contributed by atoms with Gasteiger partial charge in [-0.2, -0.15) is 0 Å². The summed E-state index contributed by atoms with van der Waals surface area (Å²) in [7, 11) is 4.58. The second kappa shape index (κ2) is 9.97. The first-order valence-corrected chi connectivity index (χ1v) is 11.1. The van der Waals surface area contributed by atoms with Crippen molar-refractivity contribution < 1.29 is 33.6 Å². The maximum absolute atomic E-state index is 13.8. The number of nitrogens with zero attached hydrogens (tertiary/aromatic N) is 1. The van der Waals surface area contributed by atoms with Gasteiger partial charge >= 0.3 is 0 Å². The molecule has 0 saturated carbocycles. The minimum Gasteiger partial charge on any atom is -0.497 e. The van der Waals surface area contributed by atoms with E-state index in [1.54, 1.807) is 62.8 Å². The highest BCUT2D eigenvalue weighted by Gasteiger charge is 2.52. The van der Waals surface area contributed by atoms with Gasteiger partial charge in [-0.15, -0.1) is 0 Å².